The van der Waals surface area contributed by atoms with Crippen molar-refractivity contribution in [3.05, 3.63) is 29.3 Å². The standard InChI is InChI=1S/C10H7ClIN3OS/c11-7-4-2-1-3-6(7)9-14-15-10(17-9)13-8(16)5-12/h1-4H,5H2,(H,13,15,16). The van der Waals surface area contributed by atoms with Gasteiger partial charge in [-0.25, -0.2) is 0 Å². The summed E-state index contributed by atoms with van der Waals surface area (Å²) in [5.74, 6) is -0.0903. The smallest absolute Gasteiger partial charge is 0.236 e. The van der Waals surface area contributed by atoms with Gasteiger partial charge in [-0.2, -0.15) is 0 Å². The average Bonchev–Trinajstić information content (AvgIpc) is 2.78. The zero-order valence-corrected chi connectivity index (χ0v) is 12.2. The number of carbonyl (C=O) groups is 1. The number of hydrogen-bond donors (Lipinski definition) is 1. The fourth-order valence-electron chi connectivity index (χ4n) is 1.17. The van der Waals surface area contributed by atoms with Gasteiger partial charge < -0.3 is 0 Å². The highest BCUT2D eigenvalue weighted by Crippen LogP contribution is 2.31. The first kappa shape index (κ1) is 12.7. The van der Waals surface area contributed by atoms with Crippen LogP contribution in [0.1, 0.15) is 0 Å². The fourth-order valence-corrected chi connectivity index (χ4v) is 2.44. The number of alkyl halides is 1. The van der Waals surface area contributed by atoms with Crippen LogP contribution in [0.15, 0.2) is 24.3 Å². The van der Waals surface area contributed by atoms with Crippen LogP contribution < -0.4 is 5.32 Å². The largest absolute Gasteiger partial charge is 0.300 e. The Morgan fingerprint density at radius 2 is 2.18 bits per heavy atom. The highest BCUT2D eigenvalue weighted by Gasteiger charge is 2.10. The monoisotopic (exact) mass is 379 g/mol. The van der Waals surface area contributed by atoms with Crippen LogP contribution >= 0.6 is 45.5 Å². The molecule has 0 bridgehead atoms. The van der Waals surface area contributed by atoms with Gasteiger partial charge in [-0.3, -0.25) is 10.1 Å². The molecule has 7 heteroatoms. The molecule has 2 rings (SSSR count). The molecule has 1 aromatic heterocycles. The molecule has 0 atom stereocenters. The van der Waals surface area contributed by atoms with Gasteiger partial charge in [0.1, 0.15) is 0 Å². The minimum absolute atomic E-state index is 0.0903. The summed E-state index contributed by atoms with van der Waals surface area (Å²) in [6.07, 6.45) is 0. The van der Waals surface area contributed by atoms with Gasteiger partial charge in [0.05, 0.1) is 9.45 Å². The van der Waals surface area contributed by atoms with Crippen LogP contribution in [0.5, 0.6) is 0 Å². The van der Waals surface area contributed by atoms with E-state index < -0.39 is 0 Å². The second-order valence-corrected chi connectivity index (χ2v) is 5.22. The Kier molecular flexibility index (Phi) is 4.30. The van der Waals surface area contributed by atoms with Crippen molar-refractivity contribution in [3.63, 3.8) is 0 Å². The molecule has 88 valence electrons. The molecule has 2 aromatic rings. The summed E-state index contributed by atoms with van der Waals surface area (Å²) in [7, 11) is 0. The fraction of sp³-hybridized carbons (Fsp3) is 0.100. The van der Waals surface area contributed by atoms with Crippen molar-refractivity contribution in [2.24, 2.45) is 0 Å². The molecule has 0 aliphatic rings. The van der Waals surface area contributed by atoms with Gasteiger partial charge >= 0.3 is 0 Å². The number of nitrogens with zero attached hydrogens (tertiary/aromatic N) is 2. The third-order valence-electron chi connectivity index (χ3n) is 1.90. The summed E-state index contributed by atoms with van der Waals surface area (Å²) in [5, 5.41) is 12.4. The van der Waals surface area contributed by atoms with Gasteiger partial charge in [-0.15, -0.1) is 10.2 Å². The molecule has 0 fully saturated rings. The topological polar surface area (TPSA) is 54.9 Å². The number of benzene rings is 1. The highest BCUT2D eigenvalue weighted by atomic mass is 127. The van der Waals surface area contributed by atoms with Crippen molar-refractivity contribution in [1.82, 2.24) is 10.2 Å². The van der Waals surface area contributed by atoms with Crippen LogP contribution in [0.3, 0.4) is 0 Å². The van der Waals surface area contributed by atoms with E-state index in [4.69, 9.17) is 11.6 Å². The molecule has 0 unspecified atom stereocenters. The number of aromatic nitrogens is 2. The van der Waals surface area contributed by atoms with E-state index in [1.165, 1.54) is 11.3 Å². The number of nitrogens with one attached hydrogen (secondary N) is 1. The maximum Gasteiger partial charge on any atom is 0.236 e. The molecular formula is C10H7ClIN3OS. The zero-order chi connectivity index (χ0) is 12.3. The van der Waals surface area contributed by atoms with Crippen LogP contribution in [-0.4, -0.2) is 20.5 Å². The third kappa shape index (κ3) is 3.14. The van der Waals surface area contributed by atoms with Crippen molar-refractivity contribution >= 4 is 56.6 Å². The number of rotatable bonds is 3. The van der Waals surface area contributed by atoms with Gasteiger partial charge in [0.15, 0.2) is 5.01 Å². The van der Waals surface area contributed by atoms with Crippen LogP contribution in [0.4, 0.5) is 5.13 Å². The van der Waals surface area contributed by atoms with E-state index >= 15 is 0 Å². The molecule has 0 saturated heterocycles. The summed E-state index contributed by atoms with van der Waals surface area (Å²) in [6.45, 7) is 0. The molecule has 0 aliphatic heterocycles. The molecule has 0 spiro atoms. The lowest BCUT2D eigenvalue weighted by molar-refractivity contribution is -0.113. The number of amides is 1. The summed E-state index contributed by atoms with van der Waals surface area (Å²) in [6, 6.07) is 7.39. The normalized spacial score (nSPS) is 10.2. The predicted molar refractivity (Wildman–Crippen MR) is 77.9 cm³/mol. The Morgan fingerprint density at radius 1 is 1.41 bits per heavy atom. The lowest BCUT2D eigenvalue weighted by Gasteiger charge is -1.97. The lowest BCUT2D eigenvalue weighted by atomic mass is 10.2. The van der Waals surface area contributed by atoms with Crippen LogP contribution in [0.25, 0.3) is 10.6 Å². The molecular weight excluding hydrogens is 373 g/mol. The second kappa shape index (κ2) is 5.74. The van der Waals surface area contributed by atoms with E-state index in [2.05, 4.69) is 15.5 Å². The van der Waals surface area contributed by atoms with Crippen molar-refractivity contribution in [2.75, 3.05) is 9.74 Å². The van der Waals surface area contributed by atoms with E-state index in [0.29, 0.717) is 19.6 Å². The van der Waals surface area contributed by atoms with Gasteiger partial charge in [-0.1, -0.05) is 63.7 Å². The lowest BCUT2D eigenvalue weighted by Crippen LogP contribution is -2.11. The molecule has 1 heterocycles. The number of halogens is 2. The summed E-state index contributed by atoms with van der Waals surface area (Å²) >= 11 is 9.34. The first-order valence-corrected chi connectivity index (χ1v) is 7.37. The molecule has 0 aliphatic carbocycles. The van der Waals surface area contributed by atoms with Gasteiger partial charge in [-0.05, 0) is 6.07 Å². The molecule has 1 aromatic carbocycles. The maximum absolute atomic E-state index is 11.2. The molecule has 1 amide bonds. The van der Waals surface area contributed by atoms with Crippen LogP contribution in [-0.2, 0) is 4.79 Å². The Balaban J connectivity index is 2.24. The predicted octanol–water partition coefficient (Wildman–Crippen LogP) is 3.23. The number of carbonyl (C=O) groups excluding carboxylic acids is 1. The van der Waals surface area contributed by atoms with Crippen LogP contribution in [0.2, 0.25) is 5.02 Å². The number of hydrogen-bond acceptors (Lipinski definition) is 4. The maximum atomic E-state index is 11.2. The minimum Gasteiger partial charge on any atom is -0.300 e. The summed E-state index contributed by atoms with van der Waals surface area (Å²) in [4.78, 5) is 11.2. The van der Waals surface area contributed by atoms with Crippen molar-refractivity contribution in [2.45, 2.75) is 0 Å². The Morgan fingerprint density at radius 3 is 2.88 bits per heavy atom. The van der Waals surface area contributed by atoms with E-state index in [0.717, 1.165) is 5.56 Å². The average molecular weight is 380 g/mol. The van der Waals surface area contributed by atoms with E-state index in [-0.39, 0.29) is 5.91 Å². The Bertz CT molecular complexity index is 546. The van der Waals surface area contributed by atoms with Crippen molar-refractivity contribution in [1.29, 1.82) is 0 Å². The van der Waals surface area contributed by atoms with Crippen molar-refractivity contribution in [3.8, 4) is 10.6 Å². The summed E-state index contributed by atoms with van der Waals surface area (Å²) < 4.78 is 0.388. The van der Waals surface area contributed by atoms with E-state index in [9.17, 15) is 4.79 Å². The Labute approximate surface area is 121 Å². The molecule has 17 heavy (non-hydrogen) atoms. The second-order valence-electron chi connectivity index (χ2n) is 3.07. The molecule has 4 nitrogen and oxygen atoms in total. The van der Waals surface area contributed by atoms with Gasteiger partial charge in [0.2, 0.25) is 11.0 Å². The molecule has 0 radical (unpaired) electrons. The third-order valence-corrected chi connectivity index (χ3v) is 3.79. The summed E-state index contributed by atoms with van der Waals surface area (Å²) in [5.41, 5.74) is 0.821. The van der Waals surface area contributed by atoms with Crippen LogP contribution in [0, 0.1) is 0 Å². The van der Waals surface area contributed by atoms with E-state index in [1.807, 2.05) is 40.8 Å². The van der Waals surface area contributed by atoms with Gasteiger partial charge in [0.25, 0.3) is 0 Å². The quantitative estimate of drug-likeness (QED) is 0.658. The van der Waals surface area contributed by atoms with Crippen molar-refractivity contribution < 1.29 is 4.79 Å². The SMILES string of the molecule is O=C(CI)Nc1nnc(-c2ccccc2Cl)s1. The van der Waals surface area contributed by atoms with E-state index in [1.54, 1.807) is 6.07 Å². The number of anilines is 1. The Hall–Kier alpha value is -0.730. The first-order valence-electron chi connectivity index (χ1n) is 4.65. The minimum atomic E-state index is -0.0903. The zero-order valence-electron chi connectivity index (χ0n) is 8.48. The first-order chi connectivity index (χ1) is 8.20. The van der Waals surface area contributed by atoms with Gasteiger partial charge in [0, 0.05) is 5.56 Å². The highest BCUT2D eigenvalue weighted by molar-refractivity contribution is 14.1. The molecule has 1 N–H and O–H groups in total. The molecule has 0 saturated carbocycles.